The number of hydrogen-bond donors (Lipinski definition) is 1. The normalized spacial score (nSPS) is 12.8. The van der Waals surface area contributed by atoms with Gasteiger partial charge in [-0.2, -0.15) is 0 Å². The minimum absolute atomic E-state index is 0.610. The van der Waals surface area contributed by atoms with Gasteiger partial charge >= 0.3 is 0 Å². The van der Waals surface area contributed by atoms with Crippen LogP contribution in [-0.2, 0) is 7.05 Å². The Kier molecular flexibility index (Phi) is 3.22. The lowest BCUT2D eigenvalue weighted by atomic mass is 10.0. The van der Waals surface area contributed by atoms with Crippen molar-refractivity contribution in [3.05, 3.63) is 52.1 Å². The first-order chi connectivity index (χ1) is 8.02. The highest BCUT2D eigenvalue weighted by molar-refractivity contribution is 6.32. The largest absolute Gasteiger partial charge is 0.382 e. The number of aliphatic hydroxyl groups is 1. The number of nitrogens with zero attached hydrogens (tertiary/aromatic N) is 2. The number of hydrogen-bond acceptors (Lipinski definition) is 2. The Morgan fingerprint density at radius 2 is 2.06 bits per heavy atom. The Morgan fingerprint density at radius 3 is 2.65 bits per heavy atom. The minimum atomic E-state index is -0.742. The van der Waals surface area contributed by atoms with E-state index in [0.717, 1.165) is 22.6 Å². The van der Waals surface area contributed by atoms with E-state index in [2.05, 4.69) is 4.98 Å². The molecule has 4 heteroatoms. The first kappa shape index (κ1) is 12.1. The topological polar surface area (TPSA) is 38.1 Å². The van der Waals surface area contributed by atoms with Crippen LogP contribution in [0.3, 0.4) is 0 Å². The number of aryl methyl sites for hydroxylation is 2. The summed E-state index contributed by atoms with van der Waals surface area (Å²) in [5.74, 6) is 0.864. The molecule has 0 aliphatic carbocycles. The van der Waals surface area contributed by atoms with Crippen molar-refractivity contribution < 1.29 is 5.11 Å². The summed E-state index contributed by atoms with van der Waals surface area (Å²) in [6.45, 7) is 3.82. The van der Waals surface area contributed by atoms with Gasteiger partial charge in [0.2, 0.25) is 0 Å². The average molecular weight is 251 g/mol. The van der Waals surface area contributed by atoms with Crippen LogP contribution < -0.4 is 0 Å². The van der Waals surface area contributed by atoms with Gasteiger partial charge in [0.05, 0.1) is 11.9 Å². The molecule has 3 nitrogen and oxygen atoms in total. The molecule has 0 saturated carbocycles. The summed E-state index contributed by atoms with van der Waals surface area (Å²) in [6.07, 6.45) is 0.937. The fraction of sp³-hybridized carbons (Fsp3) is 0.308. The molecule has 2 rings (SSSR count). The van der Waals surface area contributed by atoms with Gasteiger partial charge in [0.25, 0.3) is 0 Å². The van der Waals surface area contributed by atoms with E-state index in [0.29, 0.717) is 5.02 Å². The molecular weight excluding hydrogens is 236 g/mol. The third kappa shape index (κ3) is 2.08. The van der Waals surface area contributed by atoms with Crippen LogP contribution in [0.1, 0.15) is 28.7 Å². The Hall–Kier alpha value is -1.32. The van der Waals surface area contributed by atoms with E-state index in [1.807, 2.05) is 43.7 Å². The number of imidazole rings is 1. The Labute approximate surface area is 106 Å². The molecule has 1 atom stereocenters. The van der Waals surface area contributed by atoms with Gasteiger partial charge in [-0.25, -0.2) is 4.98 Å². The lowest BCUT2D eigenvalue weighted by Gasteiger charge is -2.14. The maximum atomic E-state index is 10.3. The van der Waals surface area contributed by atoms with E-state index < -0.39 is 6.10 Å². The maximum Gasteiger partial charge on any atom is 0.122 e. The molecule has 1 aromatic carbocycles. The Bertz CT molecular complexity index is 548. The summed E-state index contributed by atoms with van der Waals surface area (Å²) in [5, 5.41) is 11.0. The van der Waals surface area contributed by atoms with Crippen molar-refractivity contribution in [2.75, 3.05) is 0 Å². The van der Waals surface area contributed by atoms with Crippen molar-refractivity contribution in [1.82, 2.24) is 9.55 Å². The summed E-state index contributed by atoms with van der Waals surface area (Å²) >= 11 is 6.21. The monoisotopic (exact) mass is 250 g/mol. The summed E-state index contributed by atoms with van der Waals surface area (Å²) < 4.78 is 1.86. The highest BCUT2D eigenvalue weighted by atomic mass is 35.5. The predicted octanol–water partition coefficient (Wildman–Crippen LogP) is 2.77. The molecule has 1 heterocycles. The van der Waals surface area contributed by atoms with Gasteiger partial charge in [-0.3, -0.25) is 0 Å². The standard InChI is InChI=1S/C13H15ClN2O/c1-8-5-4-6-10(12(8)14)13(17)11-7-15-9(2)16(11)3/h4-7,13,17H,1-3H3. The molecule has 0 spiro atoms. The second-order valence-electron chi connectivity index (χ2n) is 4.17. The Balaban J connectivity index is 2.47. The average Bonchev–Trinajstić information content (AvgIpc) is 2.63. The van der Waals surface area contributed by atoms with Crippen LogP contribution in [0.2, 0.25) is 5.02 Å². The van der Waals surface area contributed by atoms with Crippen molar-refractivity contribution >= 4 is 11.6 Å². The zero-order valence-electron chi connectivity index (χ0n) is 10.1. The molecule has 1 unspecified atom stereocenters. The van der Waals surface area contributed by atoms with Crippen LogP contribution in [0.4, 0.5) is 0 Å². The van der Waals surface area contributed by atoms with Crippen molar-refractivity contribution in [2.24, 2.45) is 7.05 Å². The zero-order chi connectivity index (χ0) is 12.6. The molecule has 90 valence electrons. The van der Waals surface area contributed by atoms with Gasteiger partial charge in [-0.1, -0.05) is 29.8 Å². The number of aromatic nitrogens is 2. The number of rotatable bonds is 2. The molecule has 2 aromatic rings. The fourth-order valence-electron chi connectivity index (χ4n) is 1.81. The minimum Gasteiger partial charge on any atom is -0.382 e. The first-order valence-electron chi connectivity index (χ1n) is 5.43. The molecule has 0 aliphatic rings. The van der Waals surface area contributed by atoms with Crippen molar-refractivity contribution in [2.45, 2.75) is 20.0 Å². The molecule has 1 aromatic heterocycles. The lowest BCUT2D eigenvalue weighted by Crippen LogP contribution is -2.07. The SMILES string of the molecule is Cc1cccc(C(O)c2cnc(C)n2C)c1Cl. The van der Waals surface area contributed by atoms with E-state index in [1.165, 1.54) is 0 Å². The second-order valence-corrected chi connectivity index (χ2v) is 4.55. The highest BCUT2D eigenvalue weighted by Gasteiger charge is 2.18. The predicted molar refractivity (Wildman–Crippen MR) is 68.2 cm³/mol. The van der Waals surface area contributed by atoms with E-state index in [1.54, 1.807) is 6.20 Å². The highest BCUT2D eigenvalue weighted by Crippen LogP contribution is 2.30. The van der Waals surface area contributed by atoms with Crippen molar-refractivity contribution in [3.63, 3.8) is 0 Å². The summed E-state index contributed by atoms with van der Waals surface area (Å²) in [5.41, 5.74) is 2.42. The van der Waals surface area contributed by atoms with Gasteiger partial charge in [0.15, 0.2) is 0 Å². The van der Waals surface area contributed by atoms with Gasteiger partial charge in [-0.15, -0.1) is 0 Å². The lowest BCUT2D eigenvalue weighted by molar-refractivity contribution is 0.211. The molecule has 1 N–H and O–H groups in total. The summed E-state index contributed by atoms with van der Waals surface area (Å²) in [4.78, 5) is 4.17. The maximum absolute atomic E-state index is 10.3. The molecule has 0 saturated heterocycles. The fourth-order valence-corrected chi connectivity index (χ4v) is 2.04. The third-order valence-corrected chi connectivity index (χ3v) is 3.57. The first-order valence-corrected chi connectivity index (χ1v) is 5.81. The molecule has 17 heavy (non-hydrogen) atoms. The van der Waals surface area contributed by atoms with Gasteiger partial charge in [0, 0.05) is 17.6 Å². The quantitative estimate of drug-likeness (QED) is 0.890. The van der Waals surface area contributed by atoms with E-state index in [9.17, 15) is 5.11 Å². The van der Waals surface area contributed by atoms with E-state index >= 15 is 0 Å². The van der Waals surface area contributed by atoms with Crippen molar-refractivity contribution in [3.8, 4) is 0 Å². The summed E-state index contributed by atoms with van der Waals surface area (Å²) in [7, 11) is 1.88. The van der Waals surface area contributed by atoms with E-state index in [-0.39, 0.29) is 0 Å². The van der Waals surface area contributed by atoms with Crippen LogP contribution in [0, 0.1) is 13.8 Å². The van der Waals surface area contributed by atoms with Crippen LogP contribution in [0.5, 0.6) is 0 Å². The van der Waals surface area contributed by atoms with Gasteiger partial charge in [0.1, 0.15) is 11.9 Å². The zero-order valence-corrected chi connectivity index (χ0v) is 10.9. The van der Waals surface area contributed by atoms with Crippen LogP contribution in [0.25, 0.3) is 0 Å². The van der Waals surface area contributed by atoms with Crippen LogP contribution >= 0.6 is 11.6 Å². The number of benzene rings is 1. The Morgan fingerprint density at radius 1 is 1.35 bits per heavy atom. The third-order valence-electron chi connectivity index (χ3n) is 3.05. The van der Waals surface area contributed by atoms with Crippen LogP contribution in [-0.4, -0.2) is 14.7 Å². The molecule has 0 amide bonds. The molecule has 0 radical (unpaired) electrons. The second kappa shape index (κ2) is 4.51. The molecular formula is C13H15ClN2O. The van der Waals surface area contributed by atoms with Crippen LogP contribution in [0.15, 0.2) is 24.4 Å². The van der Waals surface area contributed by atoms with Gasteiger partial charge in [-0.05, 0) is 19.4 Å². The number of halogens is 1. The molecule has 0 bridgehead atoms. The smallest absolute Gasteiger partial charge is 0.122 e. The van der Waals surface area contributed by atoms with Gasteiger partial charge < -0.3 is 9.67 Å². The van der Waals surface area contributed by atoms with Crippen molar-refractivity contribution in [1.29, 1.82) is 0 Å². The summed E-state index contributed by atoms with van der Waals surface area (Å²) in [6, 6.07) is 5.65. The number of aliphatic hydroxyl groups excluding tert-OH is 1. The van der Waals surface area contributed by atoms with E-state index in [4.69, 9.17) is 11.6 Å². The molecule has 0 aliphatic heterocycles. The molecule has 0 fully saturated rings.